The first-order valence-electron chi connectivity index (χ1n) is 9.92. The third-order valence-electron chi connectivity index (χ3n) is 5.45. The molecule has 30 heavy (non-hydrogen) atoms. The van der Waals surface area contributed by atoms with Gasteiger partial charge in [-0.15, -0.1) is 0 Å². The minimum absolute atomic E-state index is 0.224. The second-order valence-corrected chi connectivity index (χ2v) is 9.84. The number of hydrogen-bond acceptors (Lipinski definition) is 5. The Bertz CT molecular complexity index is 1120. The van der Waals surface area contributed by atoms with Gasteiger partial charge in [0.15, 0.2) is 5.58 Å². The van der Waals surface area contributed by atoms with Crippen molar-refractivity contribution in [2.24, 2.45) is 5.92 Å². The molecule has 9 heteroatoms. The second kappa shape index (κ2) is 9.01. The van der Waals surface area contributed by atoms with E-state index in [1.54, 1.807) is 18.2 Å². The summed E-state index contributed by atoms with van der Waals surface area (Å²) in [6.07, 6.45) is 2.61. The summed E-state index contributed by atoms with van der Waals surface area (Å²) in [5, 5.41) is 5.42. The molecule has 2 aromatic carbocycles. The molecule has 0 spiro atoms. The molecule has 0 radical (unpaired) electrons. The number of rotatable bonds is 8. The summed E-state index contributed by atoms with van der Waals surface area (Å²) >= 11 is 5.82. The first-order valence-corrected chi connectivity index (χ1v) is 11.8. The van der Waals surface area contributed by atoms with Gasteiger partial charge in [-0.25, -0.2) is 17.5 Å². The normalized spacial score (nSPS) is 17.7. The third kappa shape index (κ3) is 5.00. The Balaban J connectivity index is 1.23. The van der Waals surface area contributed by atoms with Crippen molar-refractivity contribution in [3.8, 4) is 0 Å². The zero-order valence-electron chi connectivity index (χ0n) is 16.4. The molecule has 1 aliphatic heterocycles. The van der Waals surface area contributed by atoms with Gasteiger partial charge >= 0.3 is 0 Å². The van der Waals surface area contributed by atoms with Crippen molar-refractivity contribution < 1.29 is 17.3 Å². The van der Waals surface area contributed by atoms with E-state index in [1.165, 1.54) is 24.3 Å². The van der Waals surface area contributed by atoms with Crippen LogP contribution in [0.15, 0.2) is 51.9 Å². The average molecular weight is 452 g/mol. The molecule has 0 bridgehead atoms. The van der Waals surface area contributed by atoms with E-state index in [1.807, 2.05) is 0 Å². The van der Waals surface area contributed by atoms with E-state index in [9.17, 15) is 12.8 Å². The highest BCUT2D eigenvalue weighted by atomic mass is 35.5. The number of nitrogens with one attached hydrogen (secondary N) is 1. The van der Waals surface area contributed by atoms with E-state index in [0.717, 1.165) is 50.0 Å². The minimum Gasteiger partial charge on any atom is -0.356 e. The summed E-state index contributed by atoms with van der Waals surface area (Å²) in [6, 6.07) is 10.6. The third-order valence-corrected chi connectivity index (χ3v) is 7.14. The van der Waals surface area contributed by atoms with Crippen LogP contribution in [0.2, 0.25) is 5.02 Å². The molecule has 0 saturated carbocycles. The smallest absolute Gasteiger partial charge is 0.240 e. The molecule has 1 saturated heterocycles. The van der Waals surface area contributed by atoms with E-state index in [4.69, 9.17) is 16.1 Å². The summed E-state index contributed by atoms with van der Waals surface area (Å²) in [4.78, 5) is 2.56. The lowest BCUT2D eigenvalue weighted by atomic mass is 10.1. The number of nitrogens with zero attached hydrogens (tertiary/aromatic N) is 2. The first kappa shape index (κ1) is 21.2. The van der Waals surface area contributed by atoms with Crippen LogP contribution in [-0.2, 0) is 16.4 Å². The van der Waals surface area contributed by atoms with Gasteiger partial charge in [-0.1, -0.05) is 16.8 Å². The maximum absolute atomic E-state index is 13.2. The average Bonchev–Trinajstić information content (AvgIpc) is 3.34. The molecule has 6 nitrogen and oxygen atoms in total. The Kier molecular flexibility index (Phi) is 6.38. The number of halogens is 2. The van der Waals surface area contributed by atoms with Gasteiger partial charge in [0, 0.05) is 29.6 Å². The Hall–Kier alpha value is -2.00. The van der Waals surface area contributed by atoms with E-state index < -0.39 is 10.0 Å². The number of hydrogen-bond donors (Lipinski definition) is 1. The number of likely N-dealkylation sites (tertiary alicyclic amines) is 1. The molecule has 2 heterocycles. The van der Waals surface area contributed by atoms with Crippen LogP contribution in [0.4, 0.5) is 4.39 Å². The van der Waals surface area contributed by atoms with Crippen molar-refractivity contribution in [2.75, 3.05) is 26.2 Å². The van der Waals surface area contributed by atoms with Crippen molar-refractivity contribution in [3.05, 3.63) is 59.0 Å². The van der Waals surface area contributed by atoms with E-state index in [0.29, 0.717) is 17.2 Å². The molecule has 1 fully saturated rings. The lowest BCUT2D eigenvalue weighted by Crippen LogP contribution is -2.31. The second-order valence-electron chi connectivity index (χ2n) is 7.63. The molecule has 3 aromatic rings. The SMILES string of the molecule is O=S(=O)(NCC1CCN(CCCc2noc3cc(F)ccc23)C1)c1ccc(Cl)cc1. The summed E-state index contributed by atoms with van der Waals surface area (Å²) < 4.78 is 46.0. The predicted octanol–water partition coefficient (Wildman–Crippen LogP) is 3.85. The van der Waals surface area contributed by atoms with Crippen molar-refractivity contribution in [2.45, 2.75) is 24.2 Å². The van der Waals surface area contributed by atoms with Crippen LogP contribution in [0, 0.1) is 11.7 Å². The number of benzene rings is 2. The molecule has 160 valence electrons. The number of aryl methyl sites for hydroxylation is 1. The lowest BCUT2D eigenvalue weighted by Gasteiger charge is -2.16. The molecular formula is C21H23ClFN3O3S. The van der Waals surface area contributed by atoms with Crippen LogP contribution in [0.5, 0.6) is 0 Å². The van der Waals surface area contributed by atoms with Gasteiger partial charge in [0.1, 0.15) is 5.82 Å². The van der Waals surface area contributed by atoms with E-state index >= 15 is 0 Å². The van der Waals surface area contributed by atoms with Gasteiger partial charge < -0.3 is 9.42 Å². The zero-order valence-corrected chi connectivity index (χ0v) is 17.9. The van der Waals surface area contributed by atoms with Crippen LogP contribution < -0.4 is 4.72 Å². The van der Waals surface area contributed by atoms with Gasteiger partial charge in [0.25, 0.3) is 0 Å². The lowest BCUT2D eigenvalue weighted by molar-refractivity contribution is 0.318. The zero-order chi connectivity index (χ0) is 21.1. The molecular weight excluding hydrogens is 429 g/mol. The highest BCUT2D eigenvalue weighted by Crippen LogP contribution is 2.22. The molecule has 1 aromatic heterocycles. The maximum atomic E-state index is 13.2. The Morgan fingerprint density at radius 3 is 2.83 bits per heavy atom. The van der Waals surface area contributed by atoms with Crippen molar-refractivity contribution in [1.82, 2.24) is 14.8 Å². The fraction of sp³-hybridized carbons (Fsp3) is 0.381. The van der Waals surface area contributed by atoms with Gasteiger partial charge in [-0.2, -0.15) is 0 Å². The van der Waals surface area contributed by atoms with Crippen LogP contribution >= 0.6 is 11.6 Å². The quantitative estimate of drug-likeness (QED) is 0.563. The summed E-state index contributed by atoms with van der Waals surface area (Å²) in [5.74, 6) is -0.0528. The van der Waals surface area contributed by atoms with Crippen molar-refractivity contribution in [1.29, 1.82) is 0 Å². The summed E-state index contributed by atoms with van der Waals surface area (Å²) in [5.41, 5.74) is 1.32. The van der Waals surface area contributed by atoms with E-state index in [2.05, 4.69) is 14.8 Å². The fourth-order valence-corrected chi connectivity index (χ4v) is 5.06. The molecule has 1 unspecified atom stereocenters. The summed E-state index contributed by atoms with van der Waals surface area (Å²) in [7, 11) is -3.52. The van der Waals surface area contributed by atoms with Gasteiger partial charge in [0.05, 0.1) is 10.6 Å². The van der Waals surface area contributed by atoms with E-state index in [-0.39, 0.29) is 16.6 Å². The van der Waals surface area contributed by atoms with Crippen molar-refractivity contribution >= 4 is 32.6 Å². The maximum Gasteiger partial charge on any atom is 0.240 e. The number of aromatic nitrogens is 1. The topological polar surface area (TPSA) is 75.4 Å². The number of sulfonamides is 1. The molecule has 0 aliphatic carbocycles. The first-order chi connectivity index (χ1) is 14.4. The predicted molar refractivity (Wildman–Crippen MR) is 113 cm³/mol. The Morgan fingerprint density at radius 1 is 1.23 bits per heavy atom. The van der Waals surface area contributed by atoms with Gasteiger partial charge in [-0.05, 0) is 74.7 Å². The van der Waals surface area contributed by atoms with Crippen LogP contribution in [-0.4, -0.2) is 44.7 Å². The van der Waals surface area contributed by atoms with Gasteiger partial charge in [0.2, 0.25) is 10.0 Å². The highest BCUT2D eigenvalue weighted by Gasteiger charge is 2.24. The molecule has 0 amide bonds. The Labute approximate surface area is 180 Å². The minimum atomic E-state index is -3.52. The van der Waals surface area contributed by atoms with Gasteiger partial charge in [-0.3, -0.25) is 0 Å². The molecule has 4 rings (SSSR count). The standard InChI is InChI=1S/C21H23ClFN3O3S/c22-16-3-6-18(7-4-16)30(27,28)24-13-15-9-11-26(14-15)10-1-2-20-19-8-5-17(23)12-21(19)29-25-20/h3-8,12,15,24H,1-2,9-11,13-14H2. The highest BCUT2D eigenvalue weighted by molar-refractivity contribution is 7.89. The van der Waals surface area contributed by atoms with Crippen LogP contribution in [0.1, 0.15) is 18.5 Å². The van der Waals surface area contributed by atoms with Crippen LogP contribution in [0.25, 0.3) is 11.0 Å². The summed E-state index contributed by atoms with van der Waals surface area (Å²) in [6.45, 7) is 3.11. The Morgan fingerprint density at radius 2 is 2.03 bits per heavy atom. The molecule has 1 N–H and O–H groups in total. The molecule has 1 atom stereocenters. The molecule has 1 aliphatic rings. The largest absolute Gasteiger partial charge is 0.356 e. The van der Waals surface area contributed by atoms with Crippen molar-refractivity contribution in [3.63, 3.8) is 0 Å². The monoisotopic (exact) mass is 451 g/mol. The number of fused-ring (bicyclic) bond motifs is 1. The van der Waals surface area contributed by atoms with Crippen LogP contribution in [0.3, 0.4) is 0 Å². The fourth-order valence-electron chi connectivity index (χ4n) is 3.82.